The average molecular weight is 291 g/mol. The normalized spacial score (nSPS) is 17.9. The lowest BCUT2D eigenvalue weighted by Gasteiger charge is -2.27. The highest BCUT2D eigenvalue weighted by Crippen LogP contribution is 2.40. The number of H-pyrrole nitrogens is 1. The number of benzene rings is 1. The van der Waals surface area contributed by atoms with Gasteiger partial charge in [0.25, 0.3) is 0 Å². The summed E-state index contributed by atoms with van der Waals surface area (Å²) in [6.45, 7) is 4.26. The molecular formula is C17H23ClN2. The molecule has 108 valence electrons. The Morgan fingerprint density at radius 3 is 2.70 bits per heavy atom. The summed E-state index contributed by atoms with van der Waals surface area (Å²) < 4.78 is 0. The van der Waals surface area contributed by atoms with Gasteiger partial charge in [-0.1, -0.05) is 49.6 Å². The van der Waals surface area contributed by atoms with Crippen molar-refractivity contribution >= 4 is 22.5 Å². The van der Waals surface area contributed by atoms with Crippen molar-refractivity contribution in [3.05, 3.63) is 35.0 Å². The Labute approximate surface area is 125 Å². The van der Waals surface area contributed by atoms with E-state index in [1.54, 1.807) is 0 Å². The van der Waals surface area contributed by atoms with Crippen LogP contribution in [0.2, 0.25) is 5.02 Å². The molecule has 2 nitrogen and oxygen atoms in total. The fourth-order valence-electron chi connectivity index (χ4n) is 3.52. The van der Waals surface area contributed by atoms with Gasteiger partial charge in [-0.2, -0.15) is 0 Å². The van der Waals surface area contributed by atoms with E-state index in [4.69, 9.17) is 11.6 Å². The van der Waals surface area contributed by atoms with Crippen molar-refractivity contribution in [3.63, 3.8) is 0 Å². The standard InChI is InChI=1S/C17H23ClN2/c1-2-17(9-5-6-10-17)12-19-11-15-16(18)13-7-3-4-8-14(13)20-15/h3-4,7-8,19-20H,2,5-6,9-12H2,1H3. The quantitative estimate of drug-likeness (QED) is 0.807. The molecule has 0 atom stereocenters. The number of rotatable bonds is 5. The molecule has 1 aliphatic carbocycles. The van der Waals surface area contributed by atoms with Crippen molar-refractivity contribution in [1.29, 1.82) is 0 Å². The highest BCUT2D eigenvalue weighted by atomic mass is 35.5. The van der Waals surface area contributed by atoms with Gasteiger partial charge in [0.15, 0.2) is 0 Å². The van der Waals surface area contributed by atoms with Crippen LogP contribution in [0.1, 0.15) is 44.7 Å². The van der Waals surface area contributed by atoms with E-state index < -0.39 is 0 Å². The Hall–Kier alpha value is -0.990. The number of halogens is 1. The Balaban J connectivity index is 1.66. The third-order valence-electron chi connectivity index (χ3n) is 4.93. The lowest BCUT2D eigenvalue weighted by molar-refractivity contribution is 0.268. The van der Waals surface area contributed by atoms with Gasteiger partial charge >= 0.3 is 0 Å². The van der Waals surface area contributed by atoms with Crippen LogP contribution in [0.25, 0.3) is 10.9 Å². The van der Waals surface area contributed by atoms with Crippen LogP contribution in [0.4, 0.5) is 0 Å². The molecule has 0 saturated heterocycles. The molecular weight excluding hydrogens is 268 g/mol. The predicted molar refractivity (Wildman–Crippen MR) is 86.2 cm³/mol. The highest BCUT2D eigenvalue weighted by molar-refractivity contribution is 6.36. The minimum absolute atomic E-state index is 0.526. The van der Waals surface area contributed by atoms with E-state index in [9.17, 15) is 0 Å². The van der Waals surface area contributed by atoms with E-state index in [0.29, 0.717) is 5.41 Å². The number of aromatic nitrogens is 1. The van der Waals surface area contributed by atoms with Gasteiger partial charge in [0.2, 0.25) is 0 Å². The number of hydrogen-bond donors (Lipinski definition) is 2. The molecule has 1 aromatic carbocycles. The van der Waals surface area contributed by atoms with Gasteiger partial charge in [-0.3, -0.25) is 0 Å². The first-order valence-corrected chi connectivity index (χ1v) is 8.08. The van der Waals surface area contributed by atoms with Gasteiger partial charge < -0.3 is 10.3 Å². The first-order valence-electron chi connectivity index (χ1n) is 7.70. The van der Waals surface area contributed by atoms with E-state index in [-0.39, 0.29) is 0 Å². The second-order valence-corrected chi connectivity index (χ2v) is 6.51. The van der Waals surface area contributed by atoms with Crippen molar-refractivity contribution in [2.45, 2.75) is 45.6 Å². The number of fused-ring (bicyclic) bond motifs is 1. The Kier molecular flexibility index (Phi) is 4.04. The Morgan fingerprint density at radius 1 is 1.25 bits per heavy atom. The molecule has 3 heteroatoms. The largest absolute Gasteiger partial charge is 0.356 e. The maximum absolute atomic E-state index is 6.45. The molecule has 1 aliphatic rings. The smallest absolute Gasteiger partial charge is 0.0705 e. The zero-order chi connectivity index (χ0) is 14.0. The number of aromatic amines is 1. The molecule has 0 unspecified atom stereocenters. The maximum atomic E-state index is 6.45. The van der Waals surface area contributed by atoms with Crippen LogP contribution in [0.3, 0.4) is 0 Å². The summed E-state index contributed by atoms with van der Waals surface area (Å²) in [6, 6.07) is 8.22. The van der Waals surface area contributed by atoms with Crippen LogP contribution >= 0.6 is 11.6 Å². The minimum atomic E-state index is 0.526. The summed E-state index contributed by atoms with van der Waals surface area (Å²) in [5, 5.41) is 5.61. The van der Waals surface area contributed by atoms with E-state index in [1.807, 2.05) is 12.1 Å². The zero-order valence-electron chi connectivity index (χ0n) is 12.1. The third kappa shape index (κ3) is 2.59. The summed E-state index contributed by atoms with van der Waals surface area (Å²) in [5.41, 5.74) is 2.76. The molecule has 1 fully saturated rings. The summed E-state index contributed by atoms with van der Waals surface area (Å²) >= 11 is 6.45. The SMILES string of the molecule is CCC1(CNCc2[nH]c3ccccc3c2Cl)CCCC1. The first kappa shape index (κ1) is 14.0. The van der Waals surface area contributed by atoms with E-state index in [1.165, 1.54) is 32.1 Å². The van der Waals surface area contributed by atoms with E-state index in [0.717, 1.165) is 34.7 Å². The monoisotopic (exact) mass is 290 g/mol. The summed E-state index contributed by atoms with van der Waals surface area (Å²) in [4.78, 5) is 3.43. The van der Waals surface area contributed by atoms with Crippen LogP contribution in [0.15, 0.2) is 24.3 Å². The molecule has 3 rings (SSSR count). The van der Waals surface area contributed by atoms with Crippen molar-refractivity contribution < 1.29 is 0 Å². The van der Waals surface area contributed by atoms with E-state index >= 15 is 0 Å². The van der Waals surface area contributed by atoms with Crippen LogP contribution in [0, 0.1) is 5.41 Å². The topological polar surface area (TPSA) is 27.8 Å². The van der Waals surface area contributed by atoms with Crippen molar-refractivity contribution in [2.24, 2.45) is 5.41 Å². The van der Waals surface area contributed by atoms with Gasteiger partial charge in [0.05, 0.1) is 5.02 Å². The molecule has 0 amide bonds. The number of hydrogen-bond acceptors (Lipinski definition) is 1. The first-order chi connectivity index (χ1) is 9.74. The van der Waals surface area contributed by atoms with Crippen LogP contribution in [-0.4, -0.2) is 11.5 Å². The average Bonchev–Trinajstić information content (AvgIpc) is 3.06. The van der Waals surface area contributed by atoms with Gasteiger partial charge in [-0.05, 0) is 30.7 Å². The van der Waals surface area contributed by atoms with Gasteiger partial charge in [0.1, 0.15) is 0 Å². The second-order valence-electron chi connectivity index (χ2n) is 6.13. The Bertz CT molecular complexity index is 582. The van der Waals surface area contributed by atoms with Crippen molar-refractivity contribution in [1.82, 2.24) is 10.3 Å². The van der Waals surface area contributed by atoms with Crippen LogP contribution < -0.4 is 5.32 Å². The molecule has 2 aromatic rings. The molecule has 1 aromatic heterocycles. The Morgan fingerprint density at radius 2 is 2.00 bits per heavy atom. The minimum Gasteiger partial charge on any atom is -0.356 e. The molecule has 1 heterocycles. The summed E-state index contributed by atoms with van der Waals surface area (Å²) in [5.74, 6) is 0. The molecule has 0 radical (unpaired) electrons. The summed E-state index contributed by atoms with van der Waals surface area (Å²) in [6.07, 6.45) is 6.81. The van der Waals surface area contributed by atoms with E-state index in [2.05, 4.69) is 29.4 Å². The molecule has 0 aliphatic heterocycles. The zero-order valence-corrected chi connectivity index (χ0v) is 12.9. The fraction of sp³-hybridized carbons (Fsp3) is 0.529. The molecule has 20 heavy (non-hydrogen) atoms. The second kappa shape index (κ2) is 5.79. The third-order valence-corrected chi connectivity index (χ3v) is 5.36. The maximum Gasteiger partial charge on any atom is 0.0705 e. The molecule has 1 saturated carbocycles. The molecule has 0 spiro atoms. The predicted octanol–water partition coefficient (Wildman–Crippen LogP) is 4.88. The van der Waals surface area contributed by atoms with Crippen molar-refractivity contribution in [3.8, 4) is 0 Å². The lowest BCUT2D eigenvalue weighted by atomic mass is 9.83. The van der Waals surface area contributed by atoms with Gasteiger partial charge in [-0.15, -0.1) is 0 Å². The van der Waals surface area contributed by atoms with Crippen LogP contribution in [0.5, 0.6) is 0 Å². The number of nitrogens with one attached hydrogen (secondary N) is 2. The lowest BCUT2D eigenvalue weighted by Crippen LogP contribution is -2.31. The van der Waals surface area contributed by atoms with Crippen LogP contribution in [-0.2, 0) is 6.54 Å². The van der Waals surface area contributed by atoms with Gasteiger partial charge in [0, 0.05) is 29.7 Å². The fourth-order valence-corrected chi connectivity index (χ4v) is 3.80. The molecule has 2 N–H and O–H groups in total. The highest BCUT2D eigenvalue weighted by Gasteiger charge is 2.31. The van der Waals surface area contributed by atoms with Crippen molar-refractivity contribution in [2.75, 3.05) is 6.54 Å². The number of para-hydroxylation sites is 1. The molecule has 0 bridgehead atoms. The summed E-state index contributed by atoms with van der Waals surface area (Å²) in [7, 11) is 0. The van der Waals surface area contributed by atoms with Gasteiger partial charge in [-0.25, -0.2) is 0 Å².